The van der Waals surface area contributed by atoms with E-state index < -0.39 is 0 Å². The Bertz CT molecular complexity index is 274. The summed E-state index contributed by atoms with van der Waals surface area (Å²) < 4.78 is 0. The van der Waals surface area contributed by atoms with Crippen LogP contribution in [0.1, 0.15) is 45.4 Å². The van der Waals surface area contributed by atoms with Crippen LogP contribution in [0.4, 0.5) is 0 Å². The van der Waals surface area contributed by atoms with Gasteiger partial charge in [0.2, 0.25) is 5.91 Å². The molecule has 18 heavy (non-hydrogen) atoms. The van der Waals surface area contributed by atoms with Gasteiger partial charge in [-0.2, -0.15) is 0 Å². The highest BCUT2D eigenvalue weighted by molar-refractivity contribution is 5.78. The molecule has 0 saturated carbocycles. The molecule has 4 nitrogen and oxygen atoms in total. The molecule has 2 N–H and O–H groups in total. The quantitative estimate of drug-likeness (QED) is 0.789. The Morgan fingerprint density at radius 3 is 3.00 bits per heavy atom. The first-order chi connectivity index (χ1) is 8.65. The zero-order valence-corrected chi connectivity index (χ0v) is 11.7. The van der Waals surface area contributed by atoms with Crippen LogP contribution in [0.2, 0.25) is 0 Å². The van der Waals surface area contributed by atoms with Crippen molar-refractivity contribution in [2.24, 2.45) is 0 Å². The van der Waals surface area contributed by atoms with Crippen LogP contribution < -0.4 is 10.6 Å². The Labute approximate surface area is 110 Å². The lowest BCUT2D eigenvalue weighted by molar-refractivity contribution is -0.126. The molecule has 2 saturated heterocycles. The molecular weight excluding hydrogens is 226 g/mol. The molecule has 0 aromatic heterocycles. The molecule has 0 aromatic rings. The minimum atomic E-state index is 0.271. The molecule has 4 heteroatoms. The number of rotatable bonds is 4. The molecule has 1 amide bonds. The average molecular weight is 253 g/mol. The van der Waals surface area contributed by atoms with E-state index in [9.17, 15) is 4.79 Å². The highest BCUT2D eigenvalue weighted by Crippen LogP contribution is 2.14. The fraction of sp³-hybridized carbons (Fsp3) is 0.929. The second-order valence-electron chi connectivity index (χ2n) is 5.98. The van der Waals surface area contributed by atoms with Crippen molar-refractivity contribution in [1.82, 2.24) is 15.5 Å². The first kappa shape index (κ1) is 13.8. The topological polar surface area (TPSA) is 44.4 Å². The Morgan fingerprint density at radius 1 is 1.44 bits per heavy atom. The van der Waals surface area contributed by atoms with Gasteiger partial charge in [-0.05, 0) is 32.7 Å². The zero-order valence-electron chi connectivity index (χ0n) is 11.7. The number of nitrogens with zero attached hydrogens (tertiary/aromatic N) is 1. The Hall–Kier alpha value is -0.610. The molecule has 2 rings (SSSR count). The van der Waals surface area contributed by atoms with Crippen LogP contribution in [0.15, 0.2) is 0 Å². The minimum absolute atomic E-state index is 0.271. The van der Waals surface area contributed by atoms with E-state index in [-0.39, 0.29) is 5.91 Å². The monoisotopic (exact) mass is 253 g/mol. The van der Waals surface area contributed by atoms with Crippen molar-refractivity contribution < 1.29 is 4.79 Å². The number of likely N-dealkylation sites (N-methyl/N-ethyl adjacent to an activating group) is 1. The van der Waals surface area contributed by atoms with Crippen molar-refractivity contribution in [3.63, 3.8) is 0 Å². The van der Waals surface area contributed by atoms with Gasteiger partial charge in [-0.1, -0.05) is 12.8 Å². The van der Waals surface area contributed by atoms with E-state index in [0.717, 1.165) is 6.54 Å². The van der Waals surface area contributed by atoms with Gasteiger partial charge in [-0.25, -0.2) is 0 Å². The van der Waals surface area contributed by atoms with E-state index in [1.54, 1.807) is 0 Å². The molecule has 0 radical (unpaired) electrons. The van der Waals surface area contributed by atoms with Crippen molar-refractivity contribution in [1.29, 1.82) is 0 Å². The number of carbonyl (C=O) groups is 1. The van der Waals surface area contributed by atoms with Crippen LogP contribution >= 0.6 is 0 Å². The summed E-state index contributed by atoms with van der Waals surface area (Å²) in [6.07, 6.45) is 7.19. The van der Waals surface area contributed by atoms with Gasteiger partial charge < -0.3 is 15.5 Å². The standard InChI is InChI=1S/C14H27N3O/c1-11(8-12-6-4-3-5-7-15-12)16-13-9-14(18)17(2)10-13/h11-13,15-16H,3-10H2,1-2H3. The lowest BCUT2D eigenvalue weighted by Crippen LogP contribution is -2.42. The largest absolute Gasteiger partial charge is 0.344 e. The van der Waals surface area contributed by atoms with Crippen LogP contribution in [-0.4, -0.2) is 49.1 Å². The van der Waals surface area contributed by atoms with E-state index in [1.165, 1.54) is 38.6 Å². The van der Waals surface area contributed by atoms with Crippen molar-refractivity contribution in [2.75, 3.05) is 20.1 Å². The van der Waals surface area contributed by atoms with Gasteiger partial charge in [0.05, 0.1) is 0 Å². The Kier molecular flexibility index (Phi) is 5.01. The van der Waals surface area contributed by atoms with Gasteiger partial charge in [0, 0.05) is 38.1 Å². The second kappa shape index (κ2) is 6.53. The lowest BCUT2D eigenvalue weighted by Gasteiger charge is -2.24. The number of hydrogen-bond donors (Lipinski definition) is 2. The molecular formula is C14H27N3O. The van der Waals surface area contributed by atoms with Gasteiger partial charge in [0.1, 0.15) is 0 Å². The van der Waals surface area contributed by atoms with Gasteiger partial charge >= 0.3 is 0 Å². The normalized spacial score (nSPS) is 31.4. The zero-order chi connectivity index (χ0) is 13.0. The molecule has 3 atom stereocenters. The Morgan fingerprint density at radius 2 is 2.28 bits per heavy atom. The fourth-order valence-electron chi connectivity index (χ4n) is 3.17. The summed E-state index contributed by atoms with van der Waals surface area (Å²) in [5, 5.41) is 7.24. The molecule has 0 aliphatic carbocycles. The van der Waals surface area contributed by atoms with Crippen LogP contribution in [0.25, 0.3) is 0 Å². The summed E-state index contributed by atoms with van der Waals surface area (Å²) in [6, 6.07) is 1.50. The van der Waals surface area contributed by atoms with Crippen molar-refractivity contribution >= 4 is 5.91 Å². The number of hydrogen-bond acceptors (Lipinski definition) is 3. The molecule has 0 bridgehead atoms. The predicted molar refractivity (Wildman–Crippen MR) is 73.5 cm³/mol. The summed E-state index contributed by atoms with van der Waals surface area (Å²) in [7, 11) is 1.89. The summed E-state index contributed by atoms with van der Waals surface area (Å²) in [6.45, 7) is 4.28. The molecule has 0 spiro atoms. The summed E-state index contributed by atoms with van der Waals surface area (Å²) in [4.78, 5) is 13.3. The van der Waals surface area contributed by atoms with Crippen LogP contribution in [0.5, 0.6) is 0 Å². The maximum absolute atomic E-state index is 11.5. The van der Waals surface area contributed by atoms with Crippen molar-refractivity contribution in [3.05, 3.63) is 0 Å². The third kappa shape index (κ3) is 3.95. The smallest absolute Gasteiger partial charge is 0.224 e. The highest BCUT2D eigenvalue weighted by atomic mass is 16.2. The molecule has 2 fully saturated rings. The minimum Gasteiger partial charge on any atom is -0.344 e. The summed E-state index contributed by atoms with van der Waals surface area (Å²) in [5.74, 6) is 0.271. The van der Waals surface area contributed by atoms with E-state index in [1.807, 2.05) is 11.9 Å². The van der Waals surface area contributed by atoms with Crippen molar-refractivity contribution in [2.45, 2.75) is 63.6 Å². The predicted octanol–water partition coefficient (Wildman–Crippen LogP) is 1.12. The van der Waals surface area contributed by atoms with E-state index in [0.29, 0.717) is 24.5 Å². The SMILES string of the molecule is CC(CC1CCCCCN1)NC1CC(=O)N(C)C1. The molecule has 2 aliphatic rings. The van der Waals surface area contributed by atoms with Crippen LogP contribution in [0, 0.1) is 0 Å². The number of amides is 1. The number of carbonyl (C=O) groups excluding carboxylic acids is 1. The van der Waals surface area contributed by atoms with E-state index in [2.05, 4.69) is 17.6 Å². The van der Waals surface area contributed by atoms with E-state index in [4.69, 9.17) is 0 Å². The first-order valence-corrected chi connectivity index (χ1v) is 7.38. The molecule has 2 heterocycles. The Balaban J connectivity index is 1.71. The first-order valence-electron chi connectivity index (χ1n) is 7.38. The van der Waals surface area contributed by atoms with Crippen molar-refractivity contribution in [3.8, 4) is 0 Å². The molecule has 2 aliphatic heterocycles. The average Bonchev–Trinajstić information content (AvgIpc) is 2.55. The summed E-state index contributed by atoms with van der Waals surface area (Å²) >= 11 is 0. The van der Waals surface area contributed by atoms with Crippen LogP contribution in [0.3, 0.4) is 0 Å². The van der Waals surface area contributed by atoms with E-state index >= 15 is 0 Å². The van der Waals surface area contributed by atoms with Crippen LogP contribution in [-0.2, 0) is 4.79 Å². The van der Waals surface area contributed by atoms with Gasteiger partial charge in [0.25, 0.3) is 0 Å². The maximum Gasteiger partial charge on any atom is 0.224 e. The maximum atomic E-state index is 11.5. The molecule has 0 aromatic carbocycles. The molecule has 3 unspecified atom stereocenters. The number of nitrogens with one attached hydrogen (secondary N) is 2. The van der Waals surface area contributed by atoms with Gasteiger partial charge in [-0.15, -0.1) is 0 Å². The number of likely N-dealkylation sites (tertiary alicyclic amines) is 1. The summed E-state index contributed by atoms with van der Waals surface area (Å²) in [5.41, 5.74) is 0. The molecule has 104 valence electrons. The third-order valence-electron chi connectivity index (χ3n) is 4.16. The highest BCUT2D eigenvalue weighted by Gasteiger charge is 2.27. The second-order valence-corrected chi connectivity index (χ2v) is 5.98. The van der Waals surface area contributed by atoms with Gasteiger partial charge in [-0.3, -0.25) is 4.79 Å². The fourth-order valence-corrected chi connectivity index (χ4v) is 3.17. The third-order valence-corrected chi connectivity index (χ3v) is 4.16. The lowest BCUT2D eigenvalue weighted by atomic mass is 10.0. The van der Waals surface area contributed by atoms with Gasteiger partial charge in [0.15, 0.2) is 0 Å².